The second kappa shape index (κ2) is 6.83. The number of benzene rings is 3. The minimum absolute atomic E-state index is 0.242. The fraction of sp³-hybridized carbons (Fsp3) is 0. The van der Waals surface area contributed by atoms with Gasteiger partial charge in [0.05, 0.1) is 0 Å². The van der Waals surface area contributed by atoms with Crippen LogP contribution in [0, 0.1) is 0 Å². The van der Waals surface area contributed by atoms with Crippen molar-refractivity contribution in [2.24, 2.45) is 0 Å². The monoisotopic (exact) mass is 382 g/mol. The van der Waals surface area contributed by atoms with Gasteiger partial charge < -0.3 is 9.73 Å². The Morgan fingerprint density at radius 3 is 2.50 bits per heavy atom. The van der Waals surface area contributed by atoms with Crippen molar-refractivity contribution in [1.29, 1.82) is 0 Å². The molecular weight excluding hydrogens is 371 g/mol. The van der Waals surface area contributed by atoms with Crippen LogP contribution in [-0.2, 0) is 0 Å². The van der Waals surface area contributed by atoms with E-state index in [2.05, 4.69) is 10.3 Å². The number of aromatic nitrogens is 1. The fourth-order valence-corrected chi connectivity index (χ4v) is 2.87. The molecule has 0 aliphatic carbocycles. The number of carbonyl (C=O) groups excluding carboxylic acids is 1. The van der Waals surface area contributed by atoms with E-state index in [1.807, 2.05) is 12.1 Å². The van der Waals surface area contributed by atoms with Gasteiger partial charge in [-0.1, -0.05) is 29.3 Å². The van der Waals surface area contributed by atoms with Gasteiger partial charge in [-0.2, -0.15) is 0 Å². The topological polar surface area (TPSA) is 55.1 Å². The van der Waals surface area contributed by atoms with E-state index in [9.17, 15) is 4.79 Å². The molecule has 6 heteroatoms. The molecule has 4 rings (SSSR count). The Morgan fingerprint density at radius 1 is 0.923 bits per heavy atom. The smallest absolute Gasteiger partial charge is 0.255 e. The summed E-state index contributed by atoms with van der Waals surface area (Å²) in [5.41, 5.74) is 3.22. The Bertz CT molecular complexity index is 1100. The molecule has 1 N–H and O–H groups in total. The van der Waals surface area contributed by atoms with E-state index in [-0.39, 0.29) is 5.91 Å². The molecule has 4 aromatic rings. The second-order valence-electron chi connectivity index (χ2n) is 5.67. The van der Waals surface area contributed by atoms with Crippen LogP contribution in [0.4, 0.5) is 5.69 Å². The largest absolute Gasteiger partial charge is 0.436 e. The number of amides is 1. The molecule has 0 saturated carbocycles. The average molecular weight is 383 g/mol. The Kier molecular flexibility index (Phi) is 4.37. The van der Waals surface area contributed by atoms with Gasteiger partial charge >= 0.3 is 0 Å². The number of hydrogen-bond acceptors (Lipinski definition) is 3. The summed E-state index contributed by atoms with van der Waals surface area (Å²) in [5, 5.41) is 4.00. The van der Waals surface area contributed by atoms with Crippen molar-refractivity contribution in [1.82, 2.24) is 4.98 Å². The Hall–Kier alpha value is -2.82. The molecule has 0 radical (unpaired) electrons. The van der Waals surface area contributed by atoms with Crippen molar-refractivity contribution in [2.45, 2.75) is 0 Å². The lowest BCUT2D eigenvalue weighted by molar-refractivity contribution is 0.102. The summed E-state index contributed by atoms with van der Waals surface area (Å²) in [6, 6.07) is 19.3. The summed E-state index contributed by atoms with van der Waals surface area (Å²) in [5.74, 6) is 0.253. The quantitative estimate of drug-likeness (QED) is 0.468. The number of nitrogens with one attached hydrogen (secondary N) is 1. The van der Waals surface area contributed by atoms with E-state index in [1.165, 1.54) is 0 Å². The van der Waals surface area contributed by atoms with Crippen LogP contribution in [0.15, 0.2) is 71.1 Å². The number of fused-ring (bicyclic) bond motifs is 1. The molecular formula is C20H12Cl2N2O2. The number of hydrogen-bond donors (Lipinski definition) is 1. The maximum Gasteiger partial charge on any atom is 0.255 e. The van der Waals surface area contributed by atoms with Gasteiger partial charge in [0.15, 0.2) is 5.58 Å². The zero-order valence-corrected chi connectivity index (χ0v) is 14.9. The lowest BCUT2D eigenvalue weighted by Gasteiger charge is -2.05. The van der Waals surface area contributed by atoms with Gasteiger partial charge in [0.2, 0.25) is 5.89 Å². The van der Waals surface area contributed by atoms with Gasteiger partial charge in [-0.05, 0) is 60.7 Å². The molecule has 3 aromatic carbocycles. The maximum absolute atomic E-state index is 12.3. The van der Waals surface area contributed by atoms with Crippen molar-refractivity contribution < 1.29 is 9.21 Å². The first-order chi connectivity index (χ1) is 12.6. The SMILES string of the molecule is O=C(Nc1ccc2oc(-c3ccc(Cl)cc3)nc2c1)c1cccc(Cl)c1. The zero-order chi connectivity index (χ0) is 18.1. The van der Waals surface area contributed by atoms with Gasteiger partial charge in [-0.25, -0.2) is 4.98 Å². The third-order valence-corrected chi connectivity index (χ3v) is 4.31. The molecule has 0 aliphatic heterocycles. The van der Waals surface area contributed by atoms with Crippen molar-refractivity contribution >= 4 is 45.9 Å². The minimum Gasteiger partial charge on any atom is -0.436 e. The summed E-state index contributed by atoms with van der Waals surface area (Å²) in [6.07, 6.45) is 0. The van der Waals surface area contributed by atoms with Crippen LogP contribution < -0.4 is 5.32 Å². The van der Waals surface area contributed by atoms with Crippen molar-refractivity contribution in [3.8, 4) is 11.5 Å². The number of halogens is 2. The molecule has 128 valence electrons. The molecule has 0 bridgehead atoms. The highest BCUT2D eigenvalue weighted by molar-refractivity contribution is 6.31. The van der Waals surface area contributed by atoms with Crippen molar-refractivity contribution in [2.75, 3.05) is 5.32 Å². The minimum atomic E-state index is -0.242. The summed E-state index contributed by atoms with van der Waals surface area (Å²) in [6.45, 7) is 0. The van der Waals surface area contributed by atoms with E-state index in [0.29, 0.717) is 38.3 Å². The van der Waals surface area contributed by atoms with Gasteiger partial charge in [0.25, 0.3) is 5.91 Å². The predicted molar refractivity (Wildman–Crippen MR) is 104 cm³/mol. The Morgan fingerprint density at radius 2 is 1.73 bits per heavy atom. The zero-order valence-electron chi connectivity index (χ0n) is 13.4. The molecule has 0 saturated heterocycles. The highest BCUT2D eigenvalue weighted by Crippen LogP contribution is 2.27. The Labute approximate surface area is 159 Å². The molecule has 0 aliphatic rings. The summed E-state index contributed by atoms with van der Waals surface area (Å²) >= 11 is 11.8. The molecule has 0 spiro atoms. The van der Waals surface area contributed by atoms with Gasteiger partial charge in [0, 0.05) is 26.9 Å². The molecule has 1 amide bonds. The van der Waals surface area contributed by atoms with Gasteiger partial charge in [0.1, 0.15) is 5.52 Å². The molecule has 26 heavy (non-hydrogen) atoms. The predicted octanol–water partition coefficient (Wildman–Crippen LogP) is 6.05. The summed E-state index contributed by atoms with van der Waals surface area (Å²) in [7, 11) is 0. The van der Waals surface area contributed by atoms with Crippen LogP contribution in [0.3, 0.4) is 0 Å². The lowest BCUT2D eigenvalue weighted by atomic mass is 10.2. The third-order valence-electron chi connectivity index (χ3n) is 3.82. The van der Waals surface area contributed by atoms with E-state index in [1.54, 1.807) is 54.6 Å². The summed E-state index contributed by atoms with van der Waals surface area (Å²) in [4.78, 5) is 16.8. The molecule has 1 heterocycles. The van der Waals surface area contributed by atoms with E-state index < -0.39 is 0 Å². The van der Waals surface area contributed by atoms with Gasteiger partial charge in [-0.15, -0.1) is 0 Å². The highest BCUT2D eigenvalue weighted by atomic mass is 35.5. The van der Waals surface area contributed by atoms with Crippen LogP contribution >= 0.6 is 23.2 Å². The van der Waals surface area contributed by atoms with Crippen LogP contribution in [0.5, 0.6) is 0 Å². The molecule has 0 atom stereocenters. The van der Waals surface area contributed by atoms with E-state index in [0.717, 1.165) is 5.56 Å². The maximum atomic E-state index is 12.3. The second-order valence-corrected chi connectivity index (χ2v) is 6.55. The summed E-state index contributed by atoms with van der Waals surface area (Å²) < 4.78 is 5.77. The highest BCUT2D eigenvalue weighted by Gasteiger charge is 2.11. The van der Waals surface area contributed by atoms with Crippen LogP contribution in [0.2, 0.25) is 10.0 Å². The number of carbonyl (C=O) groups is 1. The lowest BCUT2D eigenvalue weighted by Crippen LogP contribution is -2.11. The van der Waals surface area contributed by atoms with E-state index >= 15 is 0 Å². The number of rotatable bonds is 3. The van der Waals surface area contributed by atoms with Crippen LogP contribution in [-0.4, -0.2) is 10.9 Å². The molecule has 1 aromatic heterocycles. The Balaban J connectivity index is 1.61. The van der Waals surface area contributed by atoms with E-state index in [4.69, 9.17) is 27.6 Å². The standard InChI is InChI=1S/C20H12Cl2N2O2/c21-14-6-4-12(5-7-14)20-24-17-11-16(8-9-18(17)26-20)23-19(25)13-2-1-3-15(22)10-13/h1-11H,(H,23,25). The normalized spacial score (nSPS) is 10.8. The molecule has 4 nitrogen and oxygen atoms in total. The average Bonchev–Trinajstić information content (AvgIpc) is 3.05. The van der Waals surface area contributed by atoms with Crippen LogP contribution in [0.1, 0.15) is 10.4 Å². The van der Waals surface area contributed by atoms with Crippen LogP contribution in [0.25, 0.3) is 22.6 Å². The first-order valence-electron chi connectivity index (χ1n) is 7.82. The fourth-order valence-electron chi connectivity index (χ4n) is 2.55. The van der Waals surface area contributed by atoms with Crippen molar-refractivity contribution in [3.05, 3.63) is 82.3 Å². The number of oxazole rings is 1. The molecule has 0 fully saturated rings. The number of nitrogens with zero attached hydrogens (tertiary/aromatic N) is 1. The first kappa shape index (κ1) is 16.6. The first-order valence-corrected chi connectivity index (χ1v) is 8.57. The third kappa shape index (κ3) is 3.43. The van der Waals surface area contributed by atoms with Crippen molar-refractivity contribution in [3.63, 3.8) is 0 Å². The number of anilines is 1. The van der Waals surface area contributed by atoms with Gasteiger partial charge in [-0.3, -0.25) is 4.79 Å². The molecule has 0 unspecified atom stereocenters.